The van der Waals surface area contributed by atoms with Crippen LogP contribution < -0.4 is 5.73 Å². The maximum absolute atomic E-state index is 13.8. The fourth-order valence-electron chi connectivity index (χ4n) is 2.02. The van der Waals surface area contributed by atoms with Crippen LogP contribution in [0.25, 0.3) is 10.9 Å². The number of aryl methyl sites for hydroxylation is 1. The van der Waals surface area contributed by atoms with Gasteiger partial charge in [-0.25, -0.2) is 4.39 Å². The van der Waals surface area contributed by atoms with Crippen molar-refractivity contribution in [1.82, 2.24) is 4.73 Å². The number of hydrogen-bond donors (Lipinski definition) is 3. The Morgan fingerprint density at radius 1 is 1.63 bits per heavy atom. The maximum Gasteiger partial charge on any atom is 0.320 e. The van der Waals surface area contributed by atoms with E-state index in [2.05, 4.69) is 15.9 Å². The molecule has 19 heavy (non-hydrogen) atoms. The van der Waals surface area contributed by atoms with Gasteiger partial charge in [-0.15, -0.1) is 0 Å². The molecule has 0 saturated carbocycles. The second-order valence-electron chi connectivity index (χ2n) is 4.36. The van der Waals surface area contributed by atoms with Gasteiger partial charge >= 0.3 is 5.97 Å². The van der Waals surface area contributed by atoms with Crippen molar-refractivity contribution in [2.24, 2.45) is 5.73 Å². The van der Waals surface area contributed by atoms with Crippen molar-refractivity contribution >= 4 is 32.8 Å². The Bertz CT molecular complexity index is 669. The fourth-order valence-corrected chi connectivity index (χ4v) is 2.57. The van der Waals surface area contributed by atoms with E-state index >= 15 is 0 Å². The summed E-state index contributed by atoms with van der Waals surface area (Å²) in [5.74, 6) is -1.73. The molecule has 1 aromatic carbocycles. The Labute approximate surface area is 116 Å². The summed E-state index contributed by atoms with van der Waals surface area (Å²) in [6, 6.07) is 0.182. The van der Waals surface area contributed by atoms with Crippen molar-refractivity contribution in [3.05, 3.63) is 33.7 Å². The number of carbonyl (C=O) groups is 1. The molecular formula is C12H12BrFN2O3. The molecule has 1 aromatic heterocycles. The lowest BCUT2D eigenvalue weighted by atomic mass is 10.0. The van der Waals surface area contributed by atoms with Crippen molar-refractivity contribution in [3.63, 3.8) is 0 Å². The van der Waals surface area contributed by atoms with Gasteiger partial charge in [0, 0.05) is 22.5 Å². The average molecular weight is 331 g/mol. The van der Waals surface area contributed by atoms with E-state index in [1.54, 1.807) is 6.92 Å². The molecule has 0 aliphatic heterocycles. The van der Waals surface area contributed by atoms with Crippen molar-refractivity contribution in [1.29, 1.82) is 0 Å². The summed E-state index contributed by atoms with van der Waals surface area (Å²) < 4.78 is 15.1. The lowest BCUT2D eigenvalue weighted by Crippen LogP contribution is -2.32. The van der Waals surface area contributed by atoms with Gasteiger partial charge < -0.3 is 16.0 Å². The smallest absolute Gasteiger partial charge is 0.320 e. The molecule has 5 nitrogen and oxygen atoms in total. The zero-order chi connectivity index (χ0) is 14.3. The summed E-state index contributed by atoms with van der Waals surface area (Å²) in [5.41, 5.74) is 6.61. The molecule has 0 fully saturated rings. The first-order valence-corrected chi connectivity index (χ1v) is 6.28. The lowest BCUT2D eigenvalue weighted by molar-refractivity contribution is -0.138. The standard InChI is InChI=1S/C12H12BrFN2O3/c1-5-2-7(14)11-9(10(5)13)6(4-16(11)19)3-8(15)12(17)18/h2,4,8,19H,3,15H2,1H3,(H,17,18). The van der Waals surface area contributed by atoms with E-state index < -0.39 is 17.8 Å². The molecule has 1 atom stereocenters. The van der Waals surface area contributed by atoms with Crippen molar-refractivity contribution in [2.75, 3.05) is 0 Å². The van der Waals surface area contributed by atoms with Crippen molar-refractivity contribution < 1.29 is 19.5 Å². The van der Waals surface area contributed by atoms with E-state index in [4.69, 9.17) is 10.8 Å². The number of nitrogens with two attached hydrogens (primary N) is 1. The van der Waals surface area contributed by atoms with Gasteiger partial charge in [-0.1, -0.05) is 0 Å². The molecule has 1 unspecified atom stereocenters. The zero-order valence-electron chi connectivity index (χ0n) is 10.0. The van der Waals surface area contributed by atoms with Gasteiger partial charge in [0.1, 0.15) is 11.6 Å². The molecule has 0 radical (unpaired) electrons. The minimum Gasteiger partial charge on any atom is -0.480 e. The highest BCUT2D eigenvalue weighted by Gasteiger charge is 2.21. The molecule has 0 aliphatic rings. The van der Waals surface area contributed by atoms with Crippen LogP contribution in [-0.2, 0) is 11.2 Å². The first kappa shape index (κ1) is 13.8. The van der Waals surface area contributed by atoms with Crippen LogP contribution in [0.4, 0.5) is 4.39 Å². The first-order valence-electron chi connectivity index (χ1n) is 5.49. The number of carboxylic acid groups (broad SMARTS) is 1. The summed E-state index contributed by atoms with van der Waals surface area (Å²) in [7, 11) is 0. The van der Waals surface area contributed by atoms with Gasteiger partial charge in [0.2, 0.25) is 0 Å². The Kier molecular flexibility index (Phi) is 3.51. The summed E-state index contributed by atoms with van der Waals surface area (Å²) in [6.07, 6.45) is 1.28. The molecule has 7 heteroatoms. The Hall–Kier alpha value is -1.60. The topological polar surface area (TPSA) is 88.5 Å². The molecule has 0 spiro atoms. The quantitative estimate of drug-likeness (QED) is 0.751. The average Bonchev–Trinajstić information content (AvgIpc) is 2.63. The van der Waals surface area contributed by atoms with E-state index in [-0.39, 0.29) is 11.9 Å². The molecule has 102 valence electrons. The van der Waals surface area contributed by atoms with Gasteiger partial charge in [0.15, 0.2) is 5.82 Å². The molecule has 0 bridgehead atoms. The summed E-state index contributed by atoms with van der Waals surface area (Å²) in [6.45, 7) is 1.71. The third-order valence-corrected chi connectivity index (χ3v) is 3.98. The normalized spacial score (nSPS) is 12.8. The predicted octanol–water partition coefficient (Wildman–Crippen LogP) is 2.04. The number of fused-ring (bicyclic) bond motifs is 1. The number of rotatable bonds is 3. The number of hydrogen-bond acceptors (Lipinski definition) is 3. The minimum absolute atomic E-state index is 0.000880. The third-order valence-electron chi connectivity index (χ3n) is 2.96. The highest BCUT2D eigenvalue weighted by molar-refractivity contribution is 9.10. The van der Waals surface area contributed by atoms with Gasteiger partial charge in [0.05, 0.1) is 0 Å². The number of benzene rings is 1. The van der Waals surface area contributed by atoms with E-state index in [0.29, 0.717) is 25.7 Å². The van der Waals surface area contributed by atoms with E-state index in [0.717, 1.165) is 0 Å². The van der Waals surface area contributed by atoms with Gasteiger partial charge in [-0.05, 0) is 40.0 Å². The molecule has 0 amide bonds. The van der Waals surface area contributed by atoms with Crippen LogP contribution in [0.2, 0.25) is 0 Å². The van der Waals surface area contributed by atoms with Crippen LogP contribution in [0.5, 0.6) is 0 Å². The first-order chi connectivity index (χ1) is 8.82. The molecular weight excluding hydrogens is 319 g/mol. The Balaban J connectivity index is 2.66. The SMILES string of the molecule is Cc1cc(F)c2c(c(CC(N)C(=O)O)cn2O)c1Br. The molecule has 0 saturated heterocycles. The summed E-state index contributed by atoms with van der Waals surface area (Å²) in [5, 5.41) is 19.0. The van der Waals surface area contributed by atoms with Crippen molar-refractivity contribution in [3.8, 4) is 0 Å². The van der Waals surface area contributed by atoms with Crippen molar-refractivity contribution in [2.45, 2.75) is 19.4 Å². The van der Waals surface area contributed by atoms with Gasteiger partial charge in [-0.2, -0.15) is 4.73 Å². The van der Waals surface area contributed by atoms with Crippen LogP contribution in [0.1, 0.15) is 11.1 Å². The zero-order valence-corrected chi connectivity index (χ0v) is 11.6. The largest absolute Gasteiger partial charge is 0.480 e. The maximum atomic E-state index is 13.8. The number of carboxylic acids is 1. The lowest BCUT2D eigenvalue weighted by Gasteiger charge is -2.07. The highest BCUT2D eigenvalue weighted by Crippen LogP contribution is 2.33. The molecule has 2 rings (SSSR count). The Morgan fingerprint density at radius 3 is 2.84 bits per heavy atom. The molecule has 2 aromatic rings. The Morgan fingerprint density at radius 2 is 2.26 bits per heavy atom. The van der Waals surface area contributed by atoms with Gasteiger partial charge in [0.25, 0.3) is 0 Å². The number of aromatic nitrogens is 1. The van der Waals surface area contributed by atoms with Crippen LogP contribution in [0, 0.1) is 12.7 Å². The van der Waals surface area contributed by atoms with Crippen LogP contribution in [0.15, 0.2) is 16.7 Å². The molecule has 4 N–H and O–H groups in total. The van der Waals surface area contributed by atoms with E-state index in [1.165, 1.54) is 12.3 Å². The second kappa shape index (κ2) is 4.82. The highest BCUT2D eigenvalue weighted by atomic mass is 79.9. The van der Waals surface area contributed by atoms with Crippen LogP contribution in [-0.4, -0.2) is 27.1 Å². The molecule has 1 heterocycles. The van der Waals surface area contributed by atoms with Crippen LogP contribution in [0.3, 0.4) is 0 Å². The predicted molar refractivity (Wildman–Crippen MR) is 70.8 cm³/mol. The minimum atomic E-state index is -1.15. The van der Waals surface area contributed by atoms with E-state index in [1.807, 2.05) is 0 Å². The monoisotopic (exact) mass is 330 g/mol. The third kappa shape index (κ3) is 2.31. The summed E-state index contributed by atoms with van der Waals surface area (Å²) >= 11 is 3.33. The van der Waals surface area contributed by atoms with Crippen LogP contribution >= 0.6 is 15.9 Å². The second-order valence-corrected chi connectivity index (χ2v) is 5.15. The van der Waals surface area contributed by atoms with E-state index in [9.17, 15) is 14.4 Å². The number of aliphatic carboxylic acids is 1. The molecule has 0 aliphatic carbocycles. The van der Waals surface area contributed by atoms with Gasteiger partial charge in [-0.3, -0.25) is 4.79 Å². The summed E-state index contributed by atoms with van der Waals surface area (Å²) in [4.78, 5) is 10.8. The number of nitrogens with zero attached hydrogens (tertiary/aromatic N) is 1. The number of halogens is 2. The fraction of sp³-hybridized carbons (Fsp3) is 0.250.